The lowest BCUT2D eigenvalue weighted by Crippen LogP contribution is -2.53. The van der Waals surface area contributed by atoms with Crippen molar-refractivity contribution < 1.29 is 0 Å². The molecule has 0 aromatic heterocycles. The molecule has 6 nitrogen and oxygen atoms in total. The van der Waals surface area contributed by atoms with E-state index in [1.807, 2.05) is 0 Å². The van der Waals surface area contributed by atoms with Crippen LogP contribution >= 0.6 is 0 Å². The SMILES string of the molecule is C[C@@H]1CC(C)(C)NCCN(CCC#N)[C@H](C)CC(C)(C)NCCN1CCC#N. The van der Waals surface area contributed by atoms with E-state index in [0.717, 1.165) is 52.1 Å². The van der Waals surface area contributed by atoms with Crippen LogP contribution in [0.3, 0.4) is 0 Å². The Hall–Kier alpha value is -1.18. The summed E-state index contributed by atoms with van der Waals surface area (Å²) in [7, 11) is 0. The van der Waals surface area contributed by atoms with Crippen molar-refractivity contribution in [3.05, 3.63) is 0 Å². The fraction of sp³-hybridized carbons (Fsp3) is 0.909. The second kappa shape index (κ2) is 11.7. The van der Waals surface area contributed by atoms with Gasteiger partial charge in [-0.25, -0.2) is 0 Å². The molecule has 1 fully saturated rings. The van der Waals surface area contributed by atoms with Crippen molar-refractivity contribution in [3.8, 4) is 12.1 Å². The molecule has 0 aromatic rings. The molecule has 1 saturated heterocycles. The van der Waals surface area contributed by atoms with E-state index in [0.29, 0.717) is 24.9 Å². The molecule has 1 heterocycles. The van der Waals surface area contributed by atoms with Crippen LogP contribution in [0.4, 0.5) is 0 Å². The van der Waals surface area contributed by atoms with E-state index in [1.54, 1.807) is 0 Å². The Morgan fingerprint density at radius 3 is 1.46 bits per heavy atom. The molecule has 0 aromatic carbocycles. The maximum atomic E-state index is 9.03. The number of rotatable bonds is 4. The summed E-state index contributed by atoms with van der Waals surface area (Å²) in [6, 6.07) is 5.43. The van der Waals surface area contributed by atoms with Gasteiger partial charge in [0.05, 0.1) is 12.1 Å². The first kappa shape index (κ1) is 24.9. The standard InChI is InChI=1S/C22H42N6/c1-19-17-21(3,4)25-12-16-28(14-8-10-24)20(2)18-22(5,6)26-11-15-27(19)13-7-9-23/h19-20,25-26H,7-8,11-18H2,1-6H3/t19-,20-/m1/s1. The Labute approximate surface area is 173 Å². The quantitative estimate of drug-likeness (QED) is 0.768. The predicted molar refractivity (Wildman–Crippen MR) is 116 cm³/mol. The molecule has 28 heavy (non-hydrogen) atoms. The zero-order valence-electron chi connectivity index (χ0n) is 19.0. The third kappa shape index (κ3) is 9.34. The molecular weight excluding hydrogens is 348 g/mol. The highest BCUT2D eigenvalue weighted by molar-refractivity contribution is 4.89. The number of nitrogens with zero attached hydrogens (tertiary/aromatic N) is 4. The van der Waals surface area contributed by atoms with Gasteiger partial charge in [0.2, 0.25) is 0 Å². The fourth-order valence-electron chi connectivity index (χ4n) is 4.45. The fourth-order valence-corrected chi connectivity index (χ4v) is 4.45. The second-order valence-corrected chi connectivity index (χ2v) is 9.62. The average molecular weight is 391 g/mol. The summed E-state index contributed by atoms with van der Waals surface area (Å²) in [6.45, 7) is 19.0. The third-order valence-electron chi connectivity index (χ3n) is 5.88. The van der Waals surface area contributed by atoms with Crippen LogP contribution in [-0.4, -0.2) is 72.2 Å². The maximum absolute atomic E-state index is 9.03. The first-order chi connectivity index (χ1) is 13.1. The van der Waals surface area contributed by atoms with Crippen molar-refractivity contribution in [1.82, 2.24) is 20.4 Å². The van der Waals surface area contributed by atoms with Crippen molar-refractivity contribution >= 4 is 0 Å². The number of hydrogen-bond donors (Lipinski definition) is 2. The highest BCUT2D eigenvalue weighted by atomic mass is 15.2. The minimum Gasteiger partial charge on any atom is -0.310 e. The zero-order chi connectivity index (χ0) is 21.2. The summed E-state index contributed by atoms with van der Waals surface area (Å²) in [6.07, 6.45) is 3.23. The lowest BCUT2D eigenvalue weighted by molar-refractivity contribution is 0.135. The summed E-state index contributed by atoms with van der Waals surface area (Å²) >= 11 is 0. The van der Waals surface area contributed by atoms with Crippen molar-refractivity contribution in [1.29, 1.82) is 10.5 Å². The molecule has 0 radical (unpaired) electrons. The van der Waals surface area contributed by atoms with E-state index in [1.165, 1.54) is 0 Å². The van der Waals surface area contributed by atoms with Crippen LogP contribution in [-0.2, 0) is 0 Å². The van der Waals surface area contributed by atoms with Gasteiger partial charge in [0.25, 0.3) is 0 Å². The smallest absolute Gasteiger partial charge is 0.0635 e. The van der Waals surface area contributed by atoms with Gasteiger partial charge in [-0.15, -0.1) is 0 Å². The normalized spacial score (nSPS) is 28.0. The summed E-state index contributed by atoms with van der Waals surface area (Å²) in [5.74, 6) is 0. The van der Waals surface area contributed by atoms with Gasteiger partial charge in [-0.05, 0) is 54.4 Å². The Morgan fingerprint density at radius 1 is 0.786 bits per heavy atom. The molecule has 0 unspecified atom stereocenters. The largest absolute Gasteiger partial charge is 0.310 e. The van der Waals surface area contributed by atoms with Gasteiger partial charge >= 0.3 is 0 Å². The van der Waals surface area contributed by atoms with E-state index in [-0.39, 0.29) is 11.1 Å². The van der Waals surface area contributed by atoms with Gasteiger partial charge in [-0.3, -0.25) is 9.80 Å². The van der Waals surface area contributed by atoms with Crippen molar-refractivity contribution in [2.24, 2.45) is 0 Å². The van der Waals surface area contributed by atoms with Crippen LogP contribution in [0.2, 0.25) is 0 Å². The van der Waals surface area contributed by atoms with E-state index in [2.05, 4.69) is 74.1 Å². The molecule has 0 bridgehead atoms. The summed E-state index contributed by atoms with van der Waals surface area (Å²) in [5.41, 5.74) is 0.0660. The first-order valence-corrected chi connectivity index (χ1v) is 10.8. The first-order valence-electron chi connectivity index (χ1n) is 10.8. The highest BCUT2D eigenvalue weighted by Crippen LogP contribution is 2.19. The molecule has 1 aliphatic heterocycles. The van der Waals surface area contributed by atoms with Crippen LogP contribution < -0.4 is 10.6 Å². The molecule has 6 heteroatoms. The summed E-state index contributed by atoms with van der Waals surface area (Å²) in [4.78, 5) is 4.90. The van der Waals surface area contributed by atoms with Gasteiger partial charge < -0.3 is 10.6 Å². The molecule has 160 valence electrons. The maximum Gasteiger partial charge on any atom is 0.0635 e. The number of nitriles is 2. The molecule has 1 rings (SSSR count). The van der Waals surface area contributed by atoms with Crippen LogP contribution in [0.5, 0.6) is 0 Å². The van der Waals surface area contributed by atoms with E-state index in [4.69, 9.17) is 10.5 Å². The van der Waals surface area contributed by atoms with Crippen LogP contribution in [0, 0.1) is 22.7 Å². The summed E-state index contributed by atoms with van der Waals surface area (Å²) < 4.78 is 0. The van der Waals surface area contributed by atoms with Crippen LogP contribution in [0.1, 0.15) is 67.2 Å². The molecule has 2 atom stereocenters. The van der Waals surface area contributed by atoms with Crippen molar-refractivity contribution in [3.63, 3.8) is 0 Å². The Kier molecular flexibility index (Phi) is 10.4. The second-order valence-electron chi connectivity index (χ2n) is 9.62. The average Bonchev–Trinajstić information content (AvgIpc) is 2.58. The van der Waals surface area contributed by atoms with Crippen molar-refractivity contribution in [2.75, 3.05) is 39.3 Å². The molecule has 0 amide bonds. The van der Waals surface area contributed by atoms with E-state index >= 15 is 0 Å². The minimum atomic E-state index is 0.0330. The van der Waals surface area contributed by atoms with Gasteiger partial charge in [0.15, 0.2) is 0 Å². The lowest BCUT2D eigenvalue weighted by Gasteiger charge is -2.40. The lowest BCUT2D eigenvalue weighted by atomic mass is 9.93. The molecule has 0 saturated carbocycles. The number of hydrogen-bond acceptors (Lipinski definition) is 6. The highest BCUT2D eigenvalue weighted by Gasteiger charge is 2.28. The zero-order valence-corrected chi connectivity index (χ0v) is 19.0. The molecule has 2 N–H and O–H groups in total. The van der Waals surface area contributed by atoms with Crippen molar-refractivity contribution in [2.45, 2.75) is 90.4 Å². The molecule has 0 spiro atoms. The Morgan fingerprint density at radius 2 is 1.14 bits per heavy atom. The van der Waals surface area contributed by atoms with E-state index < -0.39 is 0 Å². The van der Waals surface area contributed by atoms with Crippen LogP contribution in [0.15, 0.2) is 0 Å². The topological polar surface area (TPSA) is 78.1 Å². The molecule has 0 aliphatic carbocycles. The monoisotopic (exact) mass is 390 g/mol. The number of nitrogens with one attached hydrogen (secondary N) is 2. The Balaban J connectivity index is 2.92. The van der Waals surface area contributed by atoms with Gasteiger partial charge in [-0.2, -0.15) is 10.5 Å². The van der Waals surface area contributed by atoms with E-state index in [9.17, 15) is 0 Å². The van der Waals surface area contributed by atoms with Gasteiger partial charge in [-0.1, -0.05) is 0 Å². The minimum absolute atomic E-state index is 0.0330. The molecular formula is C22H42N6. The predicted octanol–water partition coefficient (Wildman–Crippen LogP) is 2.72. The molecule has 1 aliphatic rings. The van der Waals surface area contributed by atoms with Gasteiger partial charge in [0.1, 0.15) is 0 Å². The third-order valence-corrected chi connectivity index (χ3v) is 5.88. The summed E-state index contributed by atoms with van der Waals surface area (Å²) in [5, 5.41) is 25.5. The van der Waals surface area contributed by atoms with Crippen LogP contribution in [0.25, 0.3) is 0 Å². The van der Waals surface area contributed by atoms with Gasteiger partial charge in [0, 0.05) is 75.3 Å². The Bertz CT molecular complexity index is 482.